The van der Waals surface area contributed by atoms with E-state index in [1.54, 1.807) is 0 Å². The number of ether oxygens (including phenoxy) is 1. The Morgan fingerprint density at radius 3 is 2.33 bits per heavy atom. The van der Waals surface area contributed by atoms with Crippen LogP contribution in [0, 0.1) is 5.92 Å². The van der Waals surface area contributed by atoms with E-state index in [2.05, 4.69) is 13.8 Å². The lowest BCUT2D eigenvalue weighted by Crippen LogP contribution is -2.01. The Labute approximate surface area is 79.2 Å². The SMILES string of the molecule is CC(C)CCOCCCCO[SiH3]. The summed E-state index contributed by atoms with van der Waals surface area (Å²) >= 11 is 0. The average Bonchev–Trinajstić information content (AvgIpc) is 2.02. The van der Waals surface area contributed by atoms with Crippen molar-refractivity contribution in [2.45, 2.75) is 33.1 Å². The standard InChI is InChI=1S/C9H22O2Si/c1-9(2)5-8-10-6-3-4-7-11-12/h9H,3-8H2,1-2,12H3. The summed E-state index contributed by atoms with van der Waals surface area (Å²) in [5.74, 6) is 0.759. The van der Waals surface area contributed by atoms with Gasteiger partial charge in [-0.05, 0) is 25.2 Å². The van der Waals surface area contributed by atoms with Crippen LogP contribution < -0.4 is 0 Å². The maximum absolute atomic E-state index is 5.45. The second-order valence-corrected chi connectivity index (χ2v) is 4.07. The minimum atomic E-state index is 0.759. The predicted octanol–water partition coefficient (Wildman–Crippen LogP) is 1.13. The number of hydrogen-bond donors (Lipinski definition) is 0. The highest BCUT2D eigenvalue weighted by Crippen LogP contribution is 1.99. The molecule has 0 N–H and O–H groups in total. The zero-order valence-corrected chi connectivity index (χ0v) is 10.6. The predicted molar refractivity (Wildman–Crippen MR) is 55.4 cm³/mol. The summed E-state index contributed by atoms with van der Waals surface area (Å²) in [5, 5.41) is 0. The third kappa shape index (κ3) is 10.1. The Balaban J connectivity index is 2.82. The van der Waals surface area contributed by atoms with Crippen LogP contribution in [0.2, 0.25) is 0 Å². The van der Waals surface area contributed by atoms with Gasteiger partial charge in [0.2, 0.25) is 0 Å². The summed E-state index contributed by atoms with van der Waals surface area (Å²) in [4.78, 5) is 0. The van der Waals surface area contributed by atoms with Crippen molar-refractivity contribution in [1.29, 1.82) is 0 Å². The molecule has 0 saturated heterocycles. The minimum Gasteiger partial charge on any atom is -0.428 e. The lowest BCUT2D eigenvalue weighted by Gasteiger charge is -2.05. The molecule has 12 heavy (non-hydrogen) atoms. The van der Waals surface area contributed by atoms with Crippen LogP contribution in [-0.2, 0) is 9.16 Å². The molecule has 3 heteroatoms. The van der Waals surface area contributed by atoms with Crippen LogP contribution in [-0.4, -0.2) is 30.3 Å². The van der Waals surface area contributed by atoms with Crippen LogP contribution >= 0.6 is 0 Å². The molecule has 0 radical (unpaired) electrons. The molecule has 0 amide bonds. The first kappa shape index (κ1) is 12.1. The number of rotatable bonds is 8. The van der Waals surface area contributed by atoms with Crippen LogP contribution in [0.5, 0.6) is 0 Å². The summed E-state index contributed by atoms with van der Waals surface area (Å²) < 4.78 is 10.5. The number of hydrogen-bond acceptors (Lipinski definition) is 2. The zero-order chi connectivity index (χ0) is 9.23. The molecule has 0 aliphatic rings. The Morgan fingerprint density at radius 2 is 1.75 bits per heavy atom. The van der Waals surface area contributed by atoms with E-state index in [1.807, 2.05) is 0 Å². The van der Waals surface area contributed by atoms with Crippen molar-refractivity contribution in [3.63, 3.8) is 0 Å². The molecule has 0 aromatic heterocycles. The molecule has 0 rings (SSSR count). The molecule has 74 valence electrons. The quantitative estimate of drug-likeness (QED) is 0.422. The third-order valence-corrected chi connectivity index (χ3v) is 2.13. The first-order chi connectivity index (χ1) is 5.77. The van der Waals surface area contributed by atoms with Crippen LogP contribution in [0.3, 0.4) is 0 Å². The largest absolute Gasteiger partial charge is 0.428 e. The molecule has 0 spiro atoms. The Bertz CT molecular complexity index is 86.6. The van der Waals surface area contributed by atoms with Gasteiger partial charge < -0.3 is 9.16 Å². The van der Waals surface area contributed by atoms with Crippen LogP contribution in [0.4, 0.5) is 0 Å². The van der Waals surface area contributed by atoms with E-state index in [0.717, 1.165) is 49.1 Å². The monoisotopic (exact) mass is 190 g/mol. The van der Waals surface area contributed by atoms with E-state index in [9.17, 15) is 0 Å². The van der Waals surface area contributed by atoms with Gasteiger partial charge in [-0.15, -0.1) is 0 Å². The summed E-state index contributed by atoms with van der Waals surface area (Å²) in [6.07, 6.45) is 3.46. The van der Waals surface area contributed by atoms with Crippen molar-refractivity contribution < 1.29 is 9.16 Å². The Morgan fingerprint density at radius 1 is 1.08 bits per heavy atom. The molecule has 2 nitrogen and oxygen atoms in total. The Hall–Kier alpha value is 0.137. The van der Waals surface area contributed by atoms with Crippen LogP contribution in [0.15, 0.2) is 0 Å². The topological polar surface area (TPSA) is 18.5 Å². The second kappa shape index (κ2) is 9.23. The summed E-state index contributed by atoms with van der Waals surface area (Å²) in [6, 6.07) is 0. The van der Waals surface area contributed by atoms with Crippen molar-refractivity contribution in [2.75, 3.05) is 19.8 Å². The van der Waals surface area contributed by atoms with Crippen molar-refractivity contribution in [3.8, 4) is 0 Å². The zero-order valence-electron chi connectivity index (χ0n) is 8.64. The van der Waals surface area contributed by atoms with Crippen molar-refractivity contribution in [2.24, 2.45) is 5.92 Å². The highest BCUT2D eigenvalue weighted by molar-refractivity contribution is 5.97. The maximum atomic E-state index is 5.45. The lowest BCUT2D eigenvalue weighted by atomic mass is 10.1. The molecular weight excluding hydrogens is 168 g/mol. The van der Waals surface area contributed by atoms with E-state index in [-0.39, 0.29) is 0 Å². The smallest absolute Gasteiger partial charge is 0.145 e. The summed E-state index contributed by atoms with van der Waals surface area (Å²) in [7, 11) is 0.866. The summed E-state index contributed by atoms with van der Waals surface area (Å²) in [5.41, 5.74) is 0. The van der Waals surface area contributed by atoms with Gasteiger partial charge in [0.1, 0.15) is 10.5 Å². The fourth-order valence-electron chi connectivity index (χ4n) is 0.872. The van der Waals surface area contributed by atoms with E-state index >= 15 is 0 Å². The first-order valence-electron chi connectivity index (χ1n) is 4.84. The van der Waals surface area contributed by atoms with E-state index in [1.165, 1.54) is 6.42 Å². The molecule has 0 aliphatic heterocycles. The van der Waals surface area contributed by atoms with Crippen LogP contribution in [0.25, 0.3) is 0 Å². The molecule has 0 aromatic rings. The summed E-state index contributed by atoms with van der Waals surface area (Å²) in [6.45, 7) is 7.18. The van der Waals surface area contributed by atoms with E-state index in [0.29, 0.717) is 0 Å². The van der Waals surface area contributed by atoms with Gasteiger partial charge in [-0.3, -0.25) is 0 Å². The highest BCUT2D eigenvalue weighted by Gasteiger charge is 1.93. The van der Waals surface area contributed by atoms with Gasteiger partial charge in [-0.1, -0.05) is 13.8 Å². The average molecular weight is 190 g/mol. The maximum Gasteiger partial charge on any atom is 0.145 e. The molecule has 0 bridgehead atoms. The van der Waals surface area contributed by atoms with Gasteiger partial charge in [0.25, 0.3) is 0 Å². The minimum absolute atomic E-state index is 0.759. The molecule has 0 saturated carbocycles. The van der Waals surface area contributed by atoms with Gasteiger partial charge >= 0.3 is 0 Å². The first-order valence-corrected chi connectivity index (χ1v) is 5.65. The molecule has 0 fully saturated rings. The molecule has 0 aliphatic carbocycles. The van der Waals surface area contributed by atoms with E-state index < -0.39 is 0 Å². The molecule has 0 atom stereocenters. The van der Waals surface area contributed by atoms with Crippen molar-refractivity contribution in [1.82, 2.24) is 0 Å². The van der Waals surface area contributed by atoms with Gasteiger partial charge in [0, 0.05) is 19.8 Å². The van der Waals surface area contributed by atoms with Gasteiger partial charge in [-0.2, -0.15) is 0 Å². The third-order valence-electron chi connectivity index (χ3n) is 1.73. The fraction of sp³-hybridized carbons (Fsp3) is 1.00. The second-order valence-electron chi connectivity index (χ2n) is 3.49. The molecule has 0 aromatic carbocycles. The molecule has 0 unspecified atom stereocenters. The van der Waals surface area contributed by atoms with Gasteiger partial charge in [0.15, 0.2) is 0 Å². The number of unbranched alkanes of at least 4 members (excludes halogenated alkanes) is 1. The molecule has 0 heterocycles. The molecular formula is C9H22O2Si. The van der Waals surface area contributed by atoms with Crippen molar-refractivity contribution >= 4 is 10.5 Å². The van der Waals surface area contributed by atoms with Gasteiger partial charge in [0.05, 0.1) is 0 Å². The van der Waals surface area contributed by atoms with Crippen LogP contribution in [0.1, 0.15) is 33.1 Å². The normalized spacial score (nSPS) is 11.2. The fourth-order valence-corrected chi connectivity index (χ4v) is 1.16. The van der Waals surface area contributed by atoms with Crippen molar-refractivity contribution in [3.05, 3.63) is 0 Å². The lowest BCUT2D eigenvalue weighted by molar-refractivity contribution is 0.117. The highest BCUT2D eigenvalue weighted by atomic mass is 28.2. The van der Waals surface area contributed by atoms with E-state index in [4.69, 9.17) is 9.16 Å². The van der Waals surface area contributed by atoms with Gasteiger partial charge in [-0.25, -0.2) is 0 Å². The Kier molecular flexibility index (Phi) is 9.33.